The van der Waals surface area contributed by atoms with E-state index in [9.17, 15) is 4.79 Å². The maximum atomic E-state index is 12.4. The summed E-state index contributed by atoms with van der Waals surface area (Å²) in [4.78, 5) is 15.6. The zero-order valence-corrected chi connectivity index (χ0v) is 12.3. The largest absolute Gasteiger partial charge is 0.493 e. The molecule has 0 spiro atoms. The fourth-order valence-corrected chi connectivity index (χ4v) is 2.36. The molecule has 0 unspecified atom stereocenters. The number of anilines is 1. The van der Waals surface area contributed by atoms with E-state index in [0.717, 1.165) is 16.6 Å². The van der Waals surface area contributed by atoms with Gasteiger partial charge in [-0.05, 0) is 30.3 Å². The zero-order valence-electron chi connectivity index (χ0n) is 12.3. The molecular weight excluding hydrogens is 280 g/mol. The molecule has 0 saturated carbocycles. The number of hydrogen-bond donors (Lipinski definition) is 2. The van der Waals surface area contributed by atoms with E-state index in [2.05, 4.69) is 10.3 Å². The third-order valence-corrected chi connectivity index (χ3v) is 3.48. The van der Waals surface area contributed by atoms with Crippen LogP contribution in [0.3, 0.4) is 0 Å². The van der Waals surface area contributed by atoms with Gasteiger partial charge in [0.2, 0.25) is 0 Å². The Kier molecular flexibility index (Phi) is 3.70. The molecule has 3 rings (SSSR count). The van der Waals surface area contributed by atoms with Gasteiger partial charge in [-0.3, -0.25) is 4.79 Å². The van der Waals surface area contributed by atoms with Crippen LogP contribution in [0.1, 0.15) is 10.4 Å². The second-order valence-corrected chi connectivity index (χ2v) is 4.77. The smallest absolute Gasteiger partial charge is 0.255 e. The van der Waals surface area contributed by atoms with Crippen LogP contribution < -0.4 is 14.8 Å². The minimum absolute atomic E-state index is 0.206. The first kappa shape index (κ1) is 14.0. The summed E-state index contributed by atoms with van der Waals surface area (Å²) in [7, 11) is 3.10. The van der Waals surface area contributed by atoms with E-state index in [0.29, 0.717) is 17.1 Å². The Morgan fingerprint density at radius 1 is 1.05 bits per heavy atom. The number of carbonyl (C=O) groups excluding carboxylic acids is 1. The lowest BCUT2D eigenvalue weighted by Crippen LogP contribution is -2.12. The molecule has 0 aliphatic carbocycles. The van der Waals surface area contributed by atoms with Gasteiger partial charge in [0, 0.05) is 17.1 Å². The molecule has 2 N–H and O–H groups in total. The first-order chi connectivity index (χ1) is 10.7. The van der Waals surface area contributed by atoms with Gasteiger partial charge in [-0.1, -0.05) is 12.1 Å². The first-order valence-electron chi connectivity index (χ1n) is 6.82. The Morgan fingerprint density at radius 2 is 1.86 bits per heavy atom. The molecule has 1 amide bonds. The fraction of sp³-hybridized carbons (Fsp3) is 0.118. The van der Waals surface area contributed by atoms with Crippen molar-refractivity contribution >= 4 is 22.5 Å². The van der Waals surface area contributed by atoms with Gasteiger partial charge in [-0.25, -0.2) is 0 Å². The molecule has 0 aliphatic rings. The average molecular weight is 296 g/mol. The Hall–Kier alpha value is -2.95. The third kappa shape index (κ3) is 2.48. The third-order valence-electron chi connectivity index (χ3n) is 3.48. The minimum atomic E-state index is -0.206. The number of aromatic amines is 1. The summed E-state index contributed by atoms with van der Waals surface area (Å²) in [6.07, 6.45) is 1.84. The molecular formula is C17H16N2O3. The molecule has 5 heteroatoms. The Bertz CT molecular complexity index is 824. The topological polar surface area (TPSA) is 63.3 Å². The van der Waals surface area contributed by atoms with Crippen molar-refractivity contribution in [2.75, 3.05) is 19.5 Å². The van der Waals surface area contributed by atoms with Crippen molar-refractivity contribution in [3.05, 3.63) is 54.2 Å². The second kappa shape index (κ2) is 5.81. The van der Waals surface area contributed by atoms with Crippen LogP contribution in [-0.2, 0) is 0 Å². The lowest BCUT2D eigenvalue weighted by Gasteiger charge is -2.10. The molecule has 2 aromatic carbocycles. The summed E-state index contributed by atoms with van der Waals surface area (Å²) < 4.78 is 10.4. The number of carbonyl (C=O) groups is 1. The number of methoxy groups -OCH3 is 2. The number of benzene rings is 2. The molecule has 112 valence electrons. The van der Waals surface area contributed by atoms with Gasteiger partial charge in [-0.2, -0.15) is 0 Å². The molecule has 0 saturated heterocycles. The van der Waals surface area contributed by atoms with Crippen molar-refractivity contribution < 1.29 is 14.3 Å². The predicted molar refractivity (Wildman–Crippen MR) is 85.8 cm³/mol. The van der Waals surface area contributed by atoms with E-state index in [-0.39, 0.29) is 5.91 Å². The van der Waals surface area contributed by atoms with Crippen molar-refractivity contribution in [1.29, 1.82) is 0 Å². The van der Waals surface area contributed by atoms with Gasteiger partial charge in [-0.15, -0.1) is 0 Å². The van der Waals surface area contributed by atoms with E-state index in [1.54, 1.807) is 32.4 Å². The van der Waals surface area contributed by atoms with Crippen molar-refractivity contribution in [3.63, 3.8) is 0 Å². The van der Waals surface area contributed by atoms with Crippen LogP contribution in [0.15, 0.2) is 48.7 Å². The minimum Gasteiger partial charge on any atom is -0.493 e. The van der Waals surface area contributed by atoms with Crippen molar-refractivity contribution in [3.8, 4) is 11.5 Å². The van der Waals surface area contributed by atoms with Crippen molar-refractivity contribution in [2.24, 2.45) is 0 Å². The highest BCUT2D eigenvalue weighted by atomic mass is 16.5. The van der Waals surface area contributed by atoms with Gasteiger partial charge in [0.15, 0.2) is 11.5 Å². The van der Waals surface area contributed by atoms with Gasteiger partial charge >= 0.3 is 0 Å². The standard InChI is InChI=1S/C17H16N2O3/c1-21-14-7-6-12(10-15(14)22-2)17(20)19-13-5-3-4-11-8-9-18-16(11)13/h3-10,18H,1-2H3,(H,19,20). The maximum absolute atomic E-state index is 12.4. The van der Waals surface area contributed by atoms with Crippen LogP contribution >= 0.6 is 0 Å². The van der Waals surface area contributed by atoms with Gasteiger partial charge < -0.3 is 19.8 Å². The van der Waals surface area contributed by atoms with E-state index >= 15 is 0 Å². The molecule has 0 bridgehead atoms. The quantitative estimate of drug-likeness (QED) is 0.775. The number of para-hydroxylation sites is 1. The van der Waals surface area contributed by atoms with Crippen LogP contribution in [0.4, 0.5) is 5.69 Å². The average Bonchev–Trinajstić information content (AvgIpc) is 3.03. The lowest BCUT2D eigenvalue weighted by atomic mass is 10.1. The van der Waals surface area contributed by atoms with Gasteiger partial charge in [0.25, 0.3) is 5.91 Å². The summed E-state index contributed by atoms with van der Waals surface area (Å²) in [6, 6.07) is 12.8. The predicted octanol–water partition coefficient (Wildman–Crippen LogP) is 3.44. The van der Waals surface area contributed by atoms with Crippen LogP contribution in [-0.4, -0.2) is 25.1 Å². The monoisotopic (exact) mass is 296 g/mol. The maximum Gasteiger partial charge on any atom is 0.255 e. The van der Waals surface area contributed by atoms with Crippen LogP contribution in [0.25, 0.3) is 10.9 Å². The highest BCUT2D eigenvalue weighted by molar-refractivity contribution is 6.08. The Balaban J connectivity index is 1.90. The van der Waals surface area contributed by atoms with E-state index in [1.165, 1.54) is 0 Å². The molecule has 5 nitrogen and oxygen atoms in total. The van der Waals surface area contributed by atoms with E-state index in [1.807, 2.05) is 30.5 Å². The number of amides is 1. The number of hydrogen-bond acceptors (Lipinski definition) is 3. The van der Waals surface area contributed by atoms with Crippen LogP contribution in [0.2, 0.25) is 0 Å². The number of rotatable bonds is 4. The summed E-state index contributed by atoms with van der Waals surface area (Å²) in [5.74, 6) is 0.904. The van der Waals surface area contributed by atoms with Crippen LogP contribution in [0, 0.1) is 0 Å². The molecule has 3 aromatic rings. The summed E-state index contributed by atoms with van der Waals surface area (Å²) in [5.41, 5.74) is 2.14. The molecule has 0 aliphatic heterocycles. The molecule has 0 fully saturated rings. The zero-order chi connectivity index (χ0) is 15.5. The Morgan fingerprint density at radius 3 is 2.64 bits per heavy atom. The van der Waals surface area contributed by atoms with Crippen molar-refractivity contribution in [1.82, 2.24) is 4.98 Å². The number of nitrogens with one attached hydrogen (secondary N) is 2. The van der Waals surface area contributed by atoms with Gasteiger partial charge in [0.1, 0.15) is 0 Å². The molecule has 1 aromatic heterocycles. The highest BCUT2D eigenvalue weighted by Gasteiger charge is 2.12. The van der Waals surface area contributed by atoms with E-state index < -0.39 is 0 Å². The Labute approximate surface area is 127 Å². The van der Waals surface area contributed by atoms with Crippen LogP contribution in [0.5, 0.6) is 11.5 Å². The SMILES string of the molecule is COc1ccc(C(=O)Nc2cccc3cc[nH]c23)cc1OC. The van der Waals surface area contributed by atoms with E-state index in [4.69, 9.17) is 9.47 Å². The number of aromatic nitrogens is 1. The summed E-state index contributed by atoms with van der Waals surface area (Å²) >= 11 is 0. The number of H-pyrrole nitrogens is 1. The first-order valence-corrected chi connectivity index (χ1v) is 6.82. The molecule has 0 atom stereocenters. The fourth-order valence-electron chi connectivity index (χ4n) is 2.36. The van der Waals surface area contributed by atoms with Crippen molar-refractivity contribution in [2.45, 2.75) is 0 Å². The lowest BCUT2D eigenvalue weighted by molar-refractivity contribution is 0.102. The number of fused-ring (bicyclic) bond motifs is 1. The van der Waals surface area contributed by atoms with Gasteiger partial charge in [0.05, 0.1) is 25.4 Å². The molecule has 1 heterocycles. The molecule has 22 heavy (non-hydrogen) atoms. The second-order valence-electron chi connectivity index (χ2n) is 4.77. The highest BCUT2D eigenvalue weighted by Crippen LogP contribution is 2.28. The summed E-state index contributed by atoms with van der Waals surface area (Å²) in [6.45, 7) is 0. The molecule has 0 radical (unpaired) electrons. The number of ether oxygens (including phenoxy) is 2. The summed E-state index contributed by atoms with van der Waals surface area (Å²) in [5, 5.41) is 3.96. The normalized spacial score (nSPS) is 10.5.